The summed E-state index contributed by atoms with van der Waals surface area (Å²) in [5.41, 5.74) is 3.73. The first-order valence-electron chi connectivity index (χ1n) is 5.55. The summed E-state index contributed by atoms with van der Waals surface area (Å²) in [4.78, 5) is 0. The Hall–Kier alpha value is -0.820. The predicted molar refractivity (Wildman–Crippen MR) is 64.9 cm³/mol. The molecular formula is C14H22O. The van der Waals surface area contributed by atoms with Crippen LogP contribution in [-0.4, -0.2) is 5.11 Å². The highest BCUT2D eigenvalue weighted by atomic mass is 16.3. The third-order valence-corrected chi connectivity index (χ3v) is 2.72. The minimum Gasteiger partial charge on any atom is -0.388 e. The molecule has 0 saturated carbocycles. The Morgan fingerprint density at radius 2 is 1.73 bits per heavy atom. The summed E-state index contributed by atoms with van der Waals surface area (Å²) in [6.07, 6.45) is 0.458. The summed E-state index contributed by atoms with van der Waals surface area (Å²) in [6.45, 7) is 10.6. The van der Waals surface area contributed by atoms with Gasteiger partial charge >= 0.3 is 0 Å². The lowest BCUT2D eigenvalue weighted by Gasteiger charge is -2.23. The summed E-state index contributed by atoms with van der Waals surface area (Å²) < 4.78 is 0. The van der Waals surface area contributed by atoms with Gasteiger partial charge in [0.2, 0.25) is 0 Å². The standard InChI is InChI=1S/C14H22O/c1-10-6-7-12(8-11(10)2)13(15)9-14(3,4)5/h6-8,13,15H,9H2,1-5H3. The normalized spacial score (nSPS) is 14.0. The zero-order valence-electron chi connectivity index (χ0n) is 10.5. The molecule has 1 atom stereocenters. The lowest BCUT2D eigenvalue weighted by molar-refractivity contribution is 0.122. The Balaban J connectivity index is 2.83. The third-order valence-electron chi connectivity index (χ3n) is 2.72. The van der Waals surface area contributed by atoms with Gasteiger partial charge in [-0.2, -0.15) is 0 Å². The molecule has 1 aromatic rings. The van der Waals surface area contributed by atoms with Gasteiger partial charge in [0, 0.05) is 0 Å². The van der Waals surface area contributed by atoms with Crippen LogP contribution >= 0.6 is 0 Å². The van der Waals surface area contributed by atoms with Crippen molar-refractivity contribution in [3.63, 3.8) is 0 Å². The van der Waals surface area contributed by atoms with Gasteiger partial charge < -0.3 is 5.11 Å². The fraction of sp³-hybridized carbons (Fsp3) is 0.571. The third kappa shape index (κ3) is 3.67. The molecule has 1 rings (SSSR count). The summed E-state index contributed by atoms with van der Waals surface area (Å²) in [7, 11) is 0. The molecule has 0 aliphatic heterocycles. The molecule has 0 spiro atoms. The maximum Gasteiger partial charge on any atom is 0.0795 e. The molecule has 84 valence electrons. The van der Waals surface area contributed by atoms with Crippen molar-refractivity contribution < 1.29 is 5.11 Å². The molecule has 0 radical (unpaired) electrons. The number of hydrogen-bond acceptors (Lipinski definition) is 1. The molecule has 1 nitrogen and oxygen atoms in total. The average molecular weight is 206 g/mol. The summed E-state index contributed by atoms with van der Waals surface area (Å²) in [5.74, 6) is 0. The van der Waals surface area contributed by atoms with Crippen LogP contribution in [0.4, 0.5) is 0 Å². The van der Waals surface area contributed by atoms with Crippen molar-refractivity contribution in [2.24, 2.45) is 5.41 Å². The van der Waals surface area contributed by atoms with Crippen molar-refractivity contribution in [2.75, 3.05) is 0 Å². The summed E-state index contributed by atoms with van der Waals surface area (Å²) >= 11 is 0. The number of benzene rings is 1. The molecule has 1 unspecified atom stereocenters. The van der Waals surface area contributed by atoms with E-state index in [9.17, 15) is 5.11 Å². The number of rotatable bonds is 2. The van der Waals surface area contributed by atoms with Crippen molar-refractivity contribution in [3.8, 4) is 0 Å². The first kappa shape index (κ1) is 12.3. The van der Waals surface area contributed by atoms with Gasteiger partial charge in [0.05, 0.1) is 6.10 Å². The van der Waals surface area contributed by atoms with Crippen LogP contribution in [0.5, 0.6) is 0 Å². The van der Waals surface area contributed by atoms with Gasteiger partial charge in [0.15, 0.2) is 0 Å². The van der Waals surface area contributed by atoms with Crippen LogP contribution in [0.25, 0.3) is 0 Å². The Labute approximate surface area is 93.1 Å². The zero-order valence-corrected chi connectivity index (χ0v) is 10.5. The number of aryl methyl sites for hydroxylation is 2. The van der Waals surface area contributed by atoms with Gasteiger partial charge in [-0.1, -0.05) is 39.0 Å². The quantitative estimate of drug-likeness (QED) is 0.781. The van der Waals surface area contributed by atoms with Crippen molar-refractivity contribution in [1.82, 2.24) is 0 Å². The lowest BCUT2D eigenvalue weighted by Crippen LogP contribution is -2.11. The lowest BCUT2D eigenvalue weighted by atomic mass is 9.86. The SMILES string of the molecule is Cc1ccc(C(O)CC(C)(C)C)cc1C. The van der Waals surface area contributed by atoms with E-state index in [4.69, 9.17) is 0 Å². The van der Waals surface area contributed by atoms with Crippen molar-refractivity contribution in [2.45, 2.75) is 47.1 Å². The van der Waals surface area contributed by atoms with E-state index < -0.39 is 0 Å². The minimum absolute atomic E-state index is 0.165. The molecule has 0 aromatic heterocycles. The minimum atomic E-state index is -0.343. The van der Waals surface area contributed by atoms with Crippen LogP contribution in [0.1, 0.15) is 50.0 Å². The van der Waals surface area contributed by atoms with Gasteiger partial charge in [-0.3, -0.25) is 0 Å². The fourth-order valence-corrected chi connectivity index (χ4v) is 1.67. The average Bonchev–Trinajstić information content (AvgIpc) is 2.06. The molecule has 1 N–H and O–H groups in total. The second-order valence-corrected chi connectivity index (χ2v) is 5.62. The first-order valence-corrected chi connectivity index (χ1v) is 5.55. The molecule has 0 fully saturated rings. The molecular weight excluding hydrogens is 184 g/mol. The first-order chi connectivity index (χ1) is 6.79. The van der Waals surface area contributed by atoms with Crippen molar-refractivity contribution >= 4 is 0 Å². The van der Waals surface area contributed by atoms with Crippen LogP contribution in [0.3, 0.4) is 0 Å². The summed E-state index contributed by atoms with van der Waals surface area (Å²) in [6, 6.07) is 6.20. The van der Waals surface area contributed by atoms with Crippen LogP contribution in [0.15, 0.2) is 18.2 Å². The highest BCUT2D eigenvalue weighted by Crippen LogP contribution is 2.29. The molecule has 0 amide bonds. The second kappa shape index (κ2) is 4.36. The Morgan fingerprint density at radius 1 is 1.13 bits per heavy atom. The van der Waals surface area contributed by atoms with Crippen LogP contribution in [0.2, 0.25) is 0 Å². The fourth-order valence-electron chi connectivity index (χ4n) is 1.67. The van der Waals surface area contributed by atoms with Gasteiger partial charge in [0.25, 0.3) is 0 Å². The van der Waals surface area contributed by atoms with E-state index in [1.807, 2.05) is 6.07 Å². The molecule has 0 aliphatic rings. The Bertz CT molecular complexity index is 334. The van der Waals surface area contributed by atoms with E-state index in [0.29, 0.717) is 0 Å². The van der Waals surface area contributed by atoms with E-state index in [0.717, 1.165) is 12.0 Å². The highest BCUT2D eigenvalue weighted by molar-refractivity contribution is 5.31. The molecule has 0 aliphatic carbocycles. The van der Waals surface area contributed by atoms with Crippen LogP contribution in [-0.2, 0) is 0 Å². The van der Waals surface area contributed by atoms with E-state index in [2.05, 4.69) is 46.8 Å². The van der Waals surface area contributed by atoms with E-state index in [1.165, 1.54) is 11.1 Å². The summed E-state index contributed by atoms with van der Waals surface area (Å²) in [5, 5.41) is 10.1. The monoisotopic (exact) mass is 206 g/mol. The van der Waals surface area contributed by atoms with E-state index in [-0.39, 0.29) is 11.5 Å². The van der Waals surface area contributed by atoms with Crippen molar-refractivity contribution in [1.29, 1.82) is 0 Å². The molecule has 0 bridgehead atoms. The largest absolute Gasteiger partial charge is 0.388 e. The number of aliphatic hydroxyl groups is 1. The molecule has 0 heterocycles. The van der Waals surface area contributed by atoms with Crippen LogP contribution < -0.4 is 0 Å². The molecule has 1 aromatic carbocycles. The maximum absolute atomic E-state index is 10.1. The van der Waals surface area contributed by atoms with E-state index >= 15 is 0 Å². The highest BCUT2D eigenvalue weighted by Gasteiger charge is 2.18. The zero-order chi connectivity index (χ0) is 11.6. The predicted octanol–water partition coefficient (Wildman–Crippen LogP) is 3.77. The van der Waals surface area contributed by atoms with Gasteiger partial charge in [-0.25, -0.2) is 0 Å². The van der Waals surface area contributed by atoms with Crippen molar-refractivity contribution in [3.05, 3.63) is 34.9 Å². The van der Waals surface area contributed by atoms with Gasteiger partial charge in [-0.05, 0) is 42.4 Å². The molecule has 1 heteroatoms. The van der Waals surface area contributed by atoms with E-state index in [1.54, 1.807) is 0 Å². The second-order valence-electron chi connectivity index (χ2n) is 5.62. The maximum atomic E-state index is 10.1. The van der Waals surface area contributed by atoms with Gasteiger partial charge in [-0.15, -0.1) is 0 Å². The topological polar surface area (TPSA) is 20.2 Å². The molecule has 15 heavy (non-hydrogen) atoms. The Morgan fingerprint density at radius 3 is 2.20 bits per heavy atom. The number of hydrogen-bond donors (Lipinski definition) is 1. The smallest absolute Gasteiger partial charge is 0.0795 e. The van der Waals surface area contributed by atoms with Gasteiger partial charge in [0.1, 0.15) is 0 Å². The molecule has 0 saturated heterocycles. The Kier molecular flexibility index (Phi) is 3.56. The van der Waals surface area contributed by atoms with Crippen LogP contribution in [0, 0.1) is 19.3 Å². The number of aliphatic hydroxyl groups excluding tert-OH is 1.